The zero-order valence-electron chi connectivity index (χ0n) is 9.69. The Hall–Kier alpha value is -1.06. The van der Waals surface area contributed by atoms with E-state index >= 15 is 0 Å². The quantitative estimate of drug-likeness (QED) is 0.713. The molecule has 1 aliphatic heterocycles. The Balaban J connectivity index is 2.62. The van der Waals surface area contributed by atoms with Gasteiger partial charge in [-0.2, -0.15) is 0 Å². The molecule has 3 heteroatoms. The largest absolute Gasteiger partial charge is 0.496 e. The van der Waals surface area contributed by atoms with Gasteiger partial charge in [0, 0.05) is 5.56 Å². The highest BCUT2D eigenvalue weighted by Crippen LogP contribution is 2.47. The Kier molecular flexibility index (Phi) is 2.24. The fourth-order valence-corrected chi connectivity index (χ4v) is 2.28. The number of benzene rings is 1. The molecule has 1 aliphatic rings. The predicted molar refractivity (Wildman–Crippen MR) is 58.5 cm³/mol. The molecule has 1 heterocycles. The third-order valence-electron chi connectivity index (χ3n) is 3.66. The lowest BCUT2D eigenvalue weighted by molar-refractivity contribution is -0.962. The van der Waals surface area contributed by atoms with E-state index in [1.807, 2.05) is 26.2 Å². The molecule has 1 N–H and O–H groups in total. The van der Waals surface area contributed by atoms with E-state index < -0.39 is 6.23 Å². The summed E-state index contributed by atoms with van der Waals surface area (Å²) in [6.07, 6.45) is -0.494. The Morgan fingerprint density at radius 3 is 2.60 bits per heavy atom. The topological polar surface area (TPSA) is 29.5 Å². The van der Waals surface area contributed by atoms with E-state index in [1.165, 1.54) is 5.56 Å². The Morgan fingerprint density at radius 2 is 2.00 bits per heavy atom. The van der Waals surface area contributed by atoms with Crippen molar-refractivity contribution in [2.75, 3.05) is 21.2 Å². The van der Waals surface area contributed by atoms with E-state index in [0.717, 1.165) is 11.3 Å². The van der Waals surface area contributed by atoms with Gasteiger partial charge in [-0.25, -0.2) is 0 Å². The standard InChI is InChI=1S/C12H18NO2/c1-8-9-6-5-7-10(15-4)11(9)12(14)13(8,2)3/h5-8,12,14H,1-4H3/q+1/t8-,12-/m1/s1. The van der Waals surface area contributed by atoms with Crippen LogP contribution in [0.2, 0.25) is 0 Å². The minimum Gasteiger partial charge on any atom is -0.496 e. The van der Waals surface area contributed by atoms with E-state index in [1.54, 1.807) is 7.11 Å². The van der Waals surface area contributed by atoms with Gasteiger partial charge in [-0.3, -0.25) is 4.48 Å². The number of hydrogen-bond acceptors (Lipinski definition) is 2. The molecule has 1 aromatic rings. The van der Waals surface area contributed by atoms with Crippen LogP contribution in [0.15, 0.2) is 18.2 Å². The summed E-state index contributed by atoms with van der Waals surface area (Å²) in [7, 11) is 5.72. The molecular weight excluding hydrogens is 190 g/mol. The van der Waals surface area contributed by atoms with Crippen molar-refractivity contribution in [2.45, 2.75) is 19.2 Å². The summed E-state index contributed by atoms with van der Waals surface area (Å²) < 4.78 is 5.86. The summed E-state index contributed by atoms with van der Waals surface area (Å²) in [5.41, 5.74) is 2.13. The minimum atomic E-state index is -0.494. The van der Waals surface area contributed by atoms with E-state index in [0.29, 0.717) is 10.5 Å². The van der Waals surface area contributed by atoms with Gasteiger partial charge >= 0.3 is 0 Å². The van der Waals surface area contributed by atoms with Crippen molar-refractivity contribution in [2.24, 2.45) is 0 Å². The van der Waals surface area contributed by atoms with Gasteiger partial charge < -0.3 is 9.84 Å². The molecule has 3 nitrogen and oxygen atoms in total. The van der Waals surface area contributed by atoms with E-state index in [-0.39, 0.29) is 0 Å². The summed E-state index contributed by atoms with van der Waals surface area (Å²) in [5, 5.41) is 10.3. The van der Waals surface area contributed by atoms with Crippen LogP contribution >= 0.6 is 0 Å². The molecule has 0 aromatic heterocycles. The van der Waals surface area contributed by atoms with Gasteiger partial charge in [0.05, 0.1) is 26.8 Å². The van der Waals surface area contributed by atoms with E-state index in [4.69, 9.17) is 4.74 Å². The van der Waals surface area contributed by atoms with Crippen LogP contribution in [-0.2, 0) is 0 Å². The average Bonchev–Trinajstić information content (AvgIpc) is 2.41. The van der Waals surface area contributed by atoms with Crippen molar-refractivity contribution < 1.29 is 14.3 Å². The van der Waals surface area contributed by atoms with Gasteiger partial charge in [-0.05, 0) is 13.0 Å². The van der Waals surface area contributed by atoms with Gasteiger partial charge in [0.25, 0.3) is 0 Å². The van der Waals surface area contributed by atoms with Gasteiger partial charge in [-0.15, -0.1) is 0 Å². The first kappa shape index (κ1) is 10.5. The third kappa shape index (κ3) is 1.27. The first-order chi connectivity index (χ1) is 7.00. The van der Waals surface area contributed by atoms with Crippen LogP contribution < -0.4 is 4.74 Å². The number of fused-ring (bicyclic) bond motifs is 1. The second kappa shape index (κ2) is 3.22. The monoisotopic (exact) mass is 208 g/mol. The first-order valence-electron chi connectivity index (χ1n) is 5.18. The molecule has 0 amide bonds. The summed E-state index contributed by atoms with van der Waals surface area (Å²) in [4.78, 5) is 0. The minimum absolute atomic E-state index is 0.296. The lowest BCUT2D eigenvalue weighted by Gasteiger charge is -2.32. The molecule has 2 rings (SSSR count). The maximum Gasteiger partial charge on any atom is 0.221 e. The van der Waals surface area contributed by atoms with Gasteiger partial charge in [-0.1, -0.05) is 12.1 Å². The molecule has 0 bridgehead atoms. The summed E-state index contributed by atoms with van der Waals surface area (Å²) in [6.45, 7) is 2.13. The molecule has 0 fully saturated rings. The fourth-order valence-electron chi connectivity index (χ4n) is 2.28. The van der Waals surface area contributed by atoms with Crippen molar-refractivity contribution in [3.8, 4) is 5.75 Å². The van der Waals surface area contributed by atoms with Crippen LogP contribution in [0, 0.1) is 0 Å². The predicted octanol–water partition coefficient (Wildman–Crippen LogP) is 1.84. The molecule has 0 saturated carbocycles. The van der Waals surface area contributed by atoms with Crippen molar-refractivity contribution >= 4 is 0 Å². The molecule has 1 aromatic carbocycles. The molecule has 15 heavy (non-hydrogen) atoms. The number of aliphatic hydroxyl groups excluding tert-OH is 1. The number of methoxy groups -OCH3 is 1. The highest BCUT2D eigenvalue weighted by molar-refractivity contribution is 5.44. The third-order valence-corrected chi connectivity index (χ3v) is 3.66. The number of rotatable bonds is 1. The lowest BCUT2D eigenvalue weighted by atomic mass is 10.0. The van der Waals surface area contributed by atoms with Gasteiger partial charge in [0.1, 0.15) is 11.8 Å². The zero-order valence-corrected chi connectivity index (χ0v) is 9.69. The number of aliphatic hydroxyl groups is 1. The normalized spacial score (nSPS) is 27.5. The average molecular weight is 208 g/mol. The number of quaternary nitrogens is 1. The lowest BCUT2D eigenvalue weighted by Crippen LogP contribution is -2.39. The van der Waals surface area contributed by atoms with Crippen LogP contribution in [0.25, 0.3) is 0 Å². The van der Waals surface area contributed by atoms with Gasteiger partial charge in [0.15, 0.2) is 0 Å². The van der Waals surface area contributed by atoms with Crippen LogP contribution in [0.4, 0.5) is 0 Å². The Bertz CT molecular complexity index is 387. The first-order valence-corrected chi connectivity index (χ1v) is 5.18. The molecule has 0 aliphatic carbocycles. The van der Waals surface area contributed by atoms with Crippen LogP contribution in [0.5, 0.6) is 5.75 Å². The Labute approximate surface area is 90.5 Å². The SMILES string of the molecule is COc1cccc2c1[C@@H](O)[N+](C)(C)[C@@H]2C. The Morgan fingerprint density at radius 1 is 1.33 bits per heavy atom. The van der Waals surface area contributed by atoms with Crippen LogP contribution in [0.1, 0.15) is 30.3 Å². The summed E-state index contributed by atoms with van der Waals surface area (Å²) in [5.74, 6) is 0.788. The molecular formula is C12H18NO2+. The molecule has 0 saturated heterocycles. The highest BCUT2D eigenvalue weighted by atomic mass is 16.5. The van der Waals surface area contributed by atoms with E-state index in [2.05, 4.69) is 13.0 Å². The van der Waals surface area contributed by atoms with Crippen LogP contribution in [-0.4, -0.2) is 30.8 Å². The van der Waals surface area contributed by atoms with Crippen molar-refractivity contribution in [1.82, 2.24) is 0 Å². The molecule has 0 spiro atoms. The maximum atomic E-state index is 10.3. The van der Waals surface area contributed by atoms with E-state index in [9.17, 15) is 5.11 Å². The molecule has 82 valence electrons. The zero-order chi connectivity index (χ0) is 11.2. The second-order valence-electron chi connectivity index (χ2n) is 4.64. The highest BCUT2D eigenvalue weighted by Gasteiger charge is 2.45. The number of ether oxygens (including phenoxy) is 1. The van der Waals surface area contributed by atoms with Crippen molar-refractivity contribution in [1.29, 1.82) is 0 Å². The second-order valence-corrected chi connectivity index (χ2v) is 4.64. The fraction of sp³-hybridized carbons (Fsp3) is 0.500. The smallest absolute Gasteiger partial charge is 0.221 e. The summed E-state index contributed by atoms with van der Waals surface area (Å²) >= 11 is 0. The number of hydrogen-bond donors (Lipinski definition) is 1. The van der Waals surface area contributed by atoms with Crippen molar-refractivity contribution in [3.05, 3.63) is 29.3 Å². The van der Waals surface area contributed by atoms with Crippen molar-refractivity contribution in [3.63, 3.8) is 0 Å². The maximum absolute atomic E-state index is 10.3. The molecule has 0 radical (unpaired) electrons. The van der Waals surface area contributed by atoms with Crippen LogP contribution in [0.3, 0.4) is 0 Å². The molecule has 2 atom stereocenters. The molecule has 0 unspecified atom stereocenters. The summed E-state index contributed by atoms with van der Waals surface area (Å²) in [6, 6.07) is 6.25. The number of nitrogens with zero attached hydrogens (tertiary/aromatic N) is 1. The van der Waals surface area contributed by atoms with Gasteiger partial charge in [0.2, 0.25) is 6.23 Å².